The number of aryl methyl sites for hydroxylation is 1. The van der Waals surface area contributed by atoms with Gasteiger partial charge in [0.05, 0.1) is 11.4 Å². The van der Waals surface area contributed by atoms with Crippen molar-refractivity contribution >= 4 is 17.5 Å². The number of carbonyl (C=O) groups excluding carboxylic acids is 1. The predicted molar refractivity (Wildman–Crippen MR) is 99.3 cm³/mol. The van der Waals surface area contributed by atoms with E-state index < -0.39 is 0 Å². The Labute approximate surface area is 153 Å². The third-order valence-electron chi connectivity index (χ3n) is 4.63. The van der Waals surface area contributed by atoms with Gasteiger partial charge in [-0.3, -0.25) is 4.79 Å². The van der Waals surface area contributed by atoms with Crippen LogP contribution in [0.5, 0.6) is 0 Å². The highest BCUT2D eigenvalue weighted by molar-refractivity contribution is 6.31. The highest BCUT2D eigenvalue weighted by atomic mass is 35.5. The molecule has 0 unspecified atom stereocenters. The summed E-state index contributed by atoms with van der Waals surface area (Å²) in [4.78, 5) is 12.4. The van der Waals surface area contributed by atoms with Gasteiger partial charge in [-0.25, -0.2) is 4.68 Å². The van der Waals surface area contributed by atoms with Crippen LogP contribution in [0.2, 0.25) is 5.02 Å². The molecule has 25 heavy (non-hydrogen) atoms. The van der Waals surface area contributed by atoms with Gasteiger partial charge in [-0.2, -0.15) is 0 Å². The van der Waals surface area contributed by atoms with E-state index in [1.165, 1.54) is 18.4 Å². The summed E-state index contributed by atoms with van der Waals surface area (Å²) in [6.07, 6.45) is 8.06. The van der Waals surface area contributed by atoms with Crippen LogP contribution in [0.4, 0.5) is 0 Å². The molecule has 132 valence electrons. The number of amides is 1. The first-order chi connectivity index (χ1) is 12.1. The van der Waals surface area contributed by atoms with Crippen molar-refractivity contribution in [2.24, 2.45) is 0 Å². The van der Waals surface area contributed by atoms with Crippen molar-refractivity contribution in [2.75, 3.05) is 6.54 Å². The Kier molecular flexibility index (Phi) is 5.53. The number of hydrogen-bond donors (Lipinski definition) is 1. The molecular weight excluding hydrogens is 336 g/mol. The van der Waals surface area contributed by atoms with Crippen molar-refractivity contribution < 1.29 is 4.79 Å². The fourth-order valence-corrected chi connectivity index (χ4v) is 3.22. The molecule has 5 nitrogen and oxygen atoms in total. The predicted octanol–water partition coefficient (Wildman–Crippen LogP) is 4.16. The maximum absolute atomic E-state index is 12.4. The van der Waals surface area contributed by atoms with Crippen molar-refractivity contribution in [3.8, 4) is 5.69 Å². The van der Waals surface area contributed by atoms with Crippen molar-refractivity contribution in [1.82, 2.24) is 20.3 Å². The molecule has 3 rings (SSSR count). The first kappa shape index (κ1) is 17.7. The van der Waals surface area contributed by atoms with Crippen LogP contribution >= 0.6 is 11.6 Å². The molecule has 0 fully saturated rings. The van der Waals surface area contributed by atoms with Crippen molar-refractivity contribution in [3.05, 3.63) is 51.8 Å². The summed E-state index contributed by atoms with van der Waals surface area (Å²) in [5.74, 6) is -0.182. The van der Waals surface area contributed by atoms with Crippen LogP contribution in [-0.4, -0.2) is 27.4 Å². The molecule has 1 aromatic heterocycles. The van der Waals surface area contributed by atoms with E-state index >= 15 is 0 Å². The molecule has 0 aliphatic heterocycles. The summed E-state index contributed by atoms with van der Waals surface area (Å²) < 4.78 is 1.64. The lowest BCUT2D eigenvalue weighted by Gasteiger charge is -2.12. The minimum atomic E-state index is -0.182. The molecule has 0 saturated heterocycles. The van der Waals surface area contributed by atoms with Gasteiger partial charge in [0, 0.05) is 11.6 Å². The summed E-state index contributed by atoms with van der Waals surface area (Å²) in [5.41, 5.74) is 4.30. The summed E-state index contributed by atoms with van der Waals surface area (Å²) in [6, 6.07) is 5.67. The van der Waals surface area contributed by atoms with Gasteiger partial charge in [-0.15, -0.1) is 5.10 Å². The monoisotopic (exact) mass is 358 g/mol. The fraction of sp³-hybridized carbons (Fsp3) is 0.421. The number of nitrogens with one attached hydrogen (secondary N) is 1. The topological polar surface area (TPSA) is 59.8 Å². The number of hydrogen-bond acceptors (Lipinski definition) is 3. The van der Waals surface area contributed by atoms with Crippen molar-refractivity contribution in [2.45, 2.75) is 46.0 Å². The van der Waals surface area contributed by atoms with E-state index in [0.29, 0.717) is 23.0 Å². The first-order valence-corrected chi connectivity index (χ1v) is 9.09. The van der Waals surface area contributed by atoms with Crippen LogP contribution in [0.25, 0.3) is 5.69 Å². The van der Waals surface area contributed by atoms with Crippen molar-refractivity contribution in [3.63, 3.8) is 0 Å². The van der Waals surface area contributed by atoms with E-state index in [0.717, 1.165) is 30.5 Å². The van der Waals surface area contributed by atoms with Gasteiger partial charge in [0.2, 0.25) is 0 Å². The highest BCUT2D eigenvalue weighted by Crippen LogP contribution is 2.21. The lowest BCUT2D eigenvalue weighted by atomic mass is 9.97. The molecule has 0 radical (unpaired) electrons. The Bertz CT molecular complexity index is 810. The molecule has 0 bridgehead atoms. The Balaban J connectivity index is 1.66. The summed E-state index contributed by atoms with van der Waals surface area (Å²) in [6.45, 7) is 4.42. The zero-order valence-corrected chi connectivity index (χ0v) is 15.4. The molecule has 1 heterocycles. The second-order valence-corrected chi connectivity index (χ2v) is 6.89. The Hall–Kier alpha value is -2.14. The van der Waals surface area contributed by atoms with Crippen LogP contribution in [0.15, 0.2) is 29.8 Å². The number of allylic oxidation sites excluding steroid dienone is 1. The third-order valence-corrected chi connectivity index (χ3v) is 5.03. The zero-order valence-electron chi connectivity index (χ0n) is 14.7. The normalized spacial score (nSPS) is 14.3. The van der Waals surface area contributed by atoms with E-state index in [1.807, 2.05) is 32.0 Å². The van der Waals surface area contributed by atoms with Crippen LogP contribution in [0, 0.1) is 13.8 Å². The lowest BCUT2D eigenvalue weighted by molar-refractivity contribution is 0.0948. The lowest BCUT2D eigenvalue weighted by Crippen LogP contribution is -2.26. The average Bonchev–Trinajstić information content (AvgIpc) is 3.00. The second-order valence-electron chi connectivity index (χ2n) is 6.48. The number of nitrogens with zero attached hydrogens (tertiary/aromatic N) is 3. The van der Waals surface area contributed by atoms with E-state index in [4.69, 9.17) is 11.6 Å². The number of carbonyl (C=O) groups is 1. The number of aromatic nitrogens is 3. The molecule has 0 atom stereocenters. The van der Waals surface area contributed by atoms with Crippen LogP contribution in [0.3, 0.4) is 0 Å². The number of halogens is 1. The summed E-state index contributed by atoms with van der Waals surface area (Å²) in [5, 5.41) is 11.8. The Morgan fingerprint density at radius 3 is 2.88 bits per heavy atom. The largest absolute Gasteiger partial charge is 0.350 e. The average molecular weight is 359 g/mol. The van der Waals surface area contributed by atoms with Gasteiger partial charge in [-0.05, 0) is 63.6 Å². The number of benzene rings is 1. The molecule has 0 spiro atoms. The molecule has 0 saturated carbocycles. The van der Waals surface area contributed by atoms with E-state index in [-0.39, 0.29) is 5.91 Å². The highest BCUT2D eigenvalue weighted by Gasteiger charge is 2.17. The maximum Gasteiger partial charge on any atom is 0.273 e. The maximum atomic E-state index is 12.4. The van der Waals surface area contributed by atoms with Crippen LogP contribution < -0.4 is 5.32 Å². The standard InChI is InChI=1S/C19H23ClN4O/c1-13-8-9-16(12-17(13)20)24-14(2)18(22-23-24)19(25)21-11-10-15-6-4-3-5-7-15/h6,8-9,12H,3-5,7,10-11H2,1-2H3,(H,21,25). The quantitative estimate of drug-likeness (QED) is 0.816. The molecule has 1 aliphatic carbocycles. The van der Waals surface area contributed by atoms with Gasteiger partial charge in [0.1, 0.15) is 0 Å². The third kappa shape index (κ3) is 4.10. The van der Waals surface area contributed by atoms with Gasteiger partial charge in [0.25, 0.3) is 5.91 Å². The van der Waals surface area contributed by atoms with Gasteiger partial charge < -0.3 is 5.32 Å². The minimum Gasteiger partial charge on any atom is -0.350 e. The van der Waals surface area contributed by atoms with E-state index in [1.54, 1.807) is 4.68 Å². The van der Waals surface area contributed by atoms with Crippen molar-refractivity contribution in [1.29, 1.82) is 0 Å². The van der Waals surface area contributed by atoms with Gasteiger partial charge >= 0.3 is 0 Å². The first-order valence-electron chi connectivity index (χ1n) is 8.71. The van der Waals surface area contributed by atoms with Gasteiger partial charge in [-0.1, -0.05) is 34.5 Å². The summed E-state index contributed by atoms with van der Waals surface area (Å²) in [7, 11) is 0. The molecule has 1 aliphatic rings. The van der Waals surface area contributed by atoms with Crippen LogP contribution in [0.1, 0.15) is 53.8 Å². The minimum absolute atomic E-state index is 0.182. The molecule has 2 aromatic rings. The molecule has 1 N–H and O–H groups in total. The van der Waals surface area contributed by atoms with E-state index in [2.05, 4.69) is 21.7 Å². The van der Waals surface area contributed by atoms with Gasteiger partial charge in [0.15, 0.2) is 5.69 Å². The van der Waals surface area contributed by atoms with Crippen LogP contribution in [-0.2, 0) is 0 Å². The fourth-order valence-electron chi connectivity index (χ4n) is 3.05. The Morgan fingerprint density at radius 1 is 1.32 bits per heavy atom. The smallest absolute Gasteiger partial charge is 0.273 e. The molecule has 1 amide bonds. The SMILES string of the molecule is Cc1ccc(-n2nnc(C(=O)NCCC3=CCCCC3)c2C)cc1Cl. The van der Waals surface area contributed by atoms with E-state index in [9.17, 15) is 4.79 Å². The Morgan fingerprint density at radius 2 is 2.16 bits per heavy atom. The molecule has 1 aromatic carbocycles. The number of rotatable bonds is 5. The molecule has 6 heteroatoms. The zero-order chi connectivity index (χ0) is 17.8. The second kappa shape index (κ2) is 7.83. The summed E-state index contributed by atoms with van der Waals surface area (Å²) >= 11 is 6.18. The molecular formula is C19H23ClN4O.